The number of carbonyl (C=O) groups excluding carboxylic acids is 1. The van der Waals surface area contributed by atoms with E-state index in [2.05, 4.69) is 32.9 Å². The van der Waals surface area contributed by atoms with Gasteiger partial charge in [0.2, 0.25) is 0 Å². The van der Waals surface area contributed by atoms with Gasteiger partial charge in [0, 0.05) is 12.3 Å². The molecule has 0 saturated heterocycles. The molecular formula is C18H26O. The average Bonchev–Trinajstić information content (AvgIpc) is 2.39. The van der Waals surface area contributed by atoms with Gasteiger partial charge in [0.15, 0.2) is 0 Å². The van der Waals surface area contributed by atoms with Crippen molar-refractivity contribution < 1.29 is 4.79 Å². The van der Waals surface area contributed by atoms with Crippen molar-refractivity contribution in [1.82, 2.24) is 0 Å². The Morgan fingerprint density at radius 3 is 2.53 bits per heavy atom. The summed E-state index contributed by atoms with van der Waals surface area (Å²) in [5.41, 5.74) is 1.16. The van der Waals surface area contributed by atoms with E-state index in [0.29, 0.717) is 30.0 Å². The largest absolute Gasteiger partial charge is 0.299 e. The van der Waals surface area contributed by atoms with Gasteiger partial charge in [-0.15, -0.1) is 0 Å². The number of ketones is 1. The van der Waals surface area contributed by atoms with Crippen LogP contribution in [0, 0.1) is 23.7 Å². The Balaban J connectivity index is 2.06. The van der Waals surface area contributed by atoms with Crippen molar-refractivity contribution in [3.63, 3.8) is 0 Å². The predicted octanol–water partition coefficient (Wildman–Crippen LogP) is 4.51. The minimum atomic E-state index is 0.281. The molecule has 1 aromatic carbocycles. The van der Waals surface area contributed by atoms with Gasteiger partial charge in [-0.25, -0.2) is 0 Å². The molecule has 19 heavy (non-hydrogen) atoms. The van der Waals surface area contributed by atoms with Crippen LogP contribution >= 0.6 is 0 Å². The second-order valence-electron chi connectivity index (χ2n) is 6.56. The molecule has 3 atom stereocenters. The van der Waals surface area contributed by atoms with Gasteiger partial charge in [-0.2, -0.15) is 0 Å². The number of hydrogen-bond acceptors (Lipinski definition) is 1. The molecule has 1 nitrogen and oxygen atoms in total. The Hall–Kier alpha value is -1.11. The molecule has 0 radical (unpaired) electrons. The molecule has 1 aromatic rings. The summed E-state index contributed by atoms with van der Waals surface area (Å²) in [7, 11) is 0. The Labute approximate surface area is 117 Å². The topological polar surface area (TPSA) is 17.1 Å². The highest BCUT2D eigenvalue weighted by Gasteiger charge is 2.34. The lowest BCUT2D eigenvalue weighted by molar-refractivity contribution is -0.126. The summed E-state index contributed by atoms with van der Waals surface area (Å²) in [6.07, 6.45) is 4.22. The number of rotatable bonds is 4. The van der Waals surface area contributed by atoms with Crippen LogP contribution in [0.1, 0.15) is 45.6 Å². The second-order valence-corrected chi connectivity index (χ2v) is 6.56. The van der Waals surface area contributed by atoms with Crippen molar-refractivity contribution in [2.24, 2.45) is 23.7 Å². The fraction of sp³-hybridized carbons (Fsp3) is 0.611. The maximum absolute atomic E-state index is 12.6. The minimum Gasteiger partial charge on any atom is -0.299 e. The van der Waals surface area contributed by atoms with E-state index >= 15 is 0 Å². The molecule has 1 aliphatic carbocycles. The summed E-state index contributed by atoms with van der Waals surface area (Å²) < 4.78 is 0. The van der Waals surface area contributed by atoms with Crippen LogP contribution in [0.4, 0.5) is 0 Å². The lowest BCUT2D eigenvalue weighted by Gasteiger charge is -2.36. The van der Waals surface area contributed by atoms with Crippen LogP contribution in [0.2, 0.25) is 0 Å². The molecule has 1 saturated carbocycles. The van der Waals surface area contributed by atoms with Crippen LogP contribution < -0.4 is 0 Å². The molecule has 0 bridgehead atoms. The molecular weight excluding hydrogens is 232 g/mol. The third-order valence-electron chi connectivity index (χ3n) is 4.66. The van der Waals surface area contributed by atoms with E-state index < -0.39 is 0 Å². The molecule has 1 heteroatoms. The first-order valence-electron chi connectivity index (χ1n) is 7.64. The molecule has 2 rings (SSSR count). The highest BCUT2D eigenvalue weighted by molar-refractivity contribution is 5.83. The number of carbonyl (C=O) groups is 1. The van der Waals surface area contributed by atoms with Crippen LogP contribution in [0.15, 0.2) is 30.3 Å². The molecule has 0 aromatic heterocycles. The molecule has 0 amide bonds. The Bertz CT molecular complexity index is 407. The van der Waals surface area contributed by atoms with Crippen LogP contribution in [-0.4, -0.2) is 5.78 Å². The van der Waals surface area contributed by atoms with Gasteiger partial charge in [-0.05, 0) is 36.2 Å². The molecule has 1 fully saturated rings. The summed E-state index contributed by atoms with van der Waals surface area (Å²) in [6.45, 7) is 6.83. The average molecular weight is 258 g/mol. The highest BCUT2D eigenvalue weighted by atomic mass is 16.1. The van der Waals surface area contributed by atoms with Gasteiger partial charge in [0.05, 0.1) is 0 Å². The van der Waals surface area contributed by atoms with E-state index in [4.69, 9.17) is 0 Å². The predicted molar refractivity (Wildman–Crippen MR) is 80.0 cm³/mol. The van der Waals surface area contributed by atoms with Crippen LogP contribution in [0.3, 0.4) is 0 Å². The highest BCUT2D eigenvalue weighted by Crippen LogP contribution is 2.38. The molecule has 0 spiro atoms. The van der Waals surface area contributed by atoms with Crippen LogP contribution in [-0.2, 0) is 11.2 Å². The first-order valence-corrected chi connectivity index (χ1v) is 7.64. The summed E-state index contributed by atoms with van der Waals surface area (Å²) in [6, 6.07) is 10.2. The lowest BCUT2D eigenvalue weighted by Crippen LogP contribution is -2.34. The summed E-state index contributed by atoms with van der Waals surface area (Å²) >= 11 is 0. The van der Waals surface area contributed by atoms with Gasteiger partial charge in [-0.3, -0.25) is 4.79 Å². The number of hydrogen-bond donors (Lipinski definition) is 0. The van der Waals surface area contributed by atoms with Gasteiger partial charge in [0.1, 0.15) is 5.78 Å². The molecule has 0 heterocycles. The van der Waals surface area contributed by atoms with Gasteiger partial charge < -0.3 is 0 Å². The van der Waals surface area contributed by atoms with Crippen molar-refractivity contribution in [3.8, 4) is 0 Å². The first kappa shape index (κ1) is 14.3. The van der Waals surface area contributed by atoms with Crippen molar-refractivity contribution in [2.45, 2.75) is 46.5 Å². The number of benzene rings is 1. The quantitative estimate of drug-likeness (QED) is 0.776. The normalized spacial score (nSPS) is 27.5. The van der Waals surface area contributed by atoms with Crippen molar-refractivity contribution in [2.75, 3.05) is 0 Å². The Morgan fingerprint density at radius 1 is 1.21 bits per heavy atom. The second kappa shape index (κ2) is 6.36. The van der Waals surface area contributed by atoms with E-state index in [9.17, 15) is 4.79 Å². The Morgan fingerprint density at radius 2 is 1.89 bits per heavy atom. The van der Waals surface area contributed by atoms with Crippen molar-refractivity contribution in [1.29, 1.82) is 0 Å². The molecule has 0 aliphatic heterocycles. The number of Topliss-reactive ketones (excluding diaryl/α,β-unsaturated/α-hetero) is 1. The van der Waals surface area contributed by atoms with E-state index in [1.807, 2.05) is 18.2 Å². The smallest absolute Gasteiger partial charge is 0.140 e. The monoisotopic (exact) mass is 258 g/mol. The molecule has 104 valence electrons. The van der Waals surface area contributed by atoms with Crippen LogP contribution in [0.5, 0.6) is 0 Å². The summed E-state index contributed by atoms with van der Waals surface area (Å²) in [5.74, 6) is 2.66. The zero-order valence-corrected chi connectivity index (χ0v) is 12.4. The van der Waals surface area contributed by atoms with Gasteiger partial charge in [-0.1, -0.05) is 57.5 Å². The van der Waals surface area contributed by atoms with Crippen LogP contribution in [0.25, 0.3) is 0 Å². The van der Waals surface area contributed by atoms with Gasteiger partial charge >= 0.3 is 0 Å². The van der Waals surface area contributed by atoms with Crippen molar-refractivity contribution in [3.05, 3.63) is 35.9 Å². The summed E-state index contributed by atoms with van der Waals surface area (Å²) in [4.78, 5) is 12.6. The van der Waals surface area contributed by atoms with E-state index in [1.54, 1.807) is 0 Å². The van der Waals surface area contributed by atoms with E-state index in [0.717, 1.165) is 12.0 Å². The standard InChI is InChI=1S/C18H26O/c1-13(2)16-10-9-14(3)11-17(16)18(19)12-15-7-5-4-6-8-15/h4-8,13-14,16-17H,9-12H2,1-3H3/t14-,16+,17-/m1/s1. The van der Waals surface area contributed by atoms with E-state index in [-0.39, 0.29) is 5.92 Å². The first-order chi connectivity index (χ1) is 9.08. The maximum atomic E-state index is 12.6. The third kappa shape index (κ3) is 3.68. The fourth-order valence-electron chi connectivity index (χ4n) is 3.50. The fourth-order valence-corrected chi connectivity index (χ4v) is 3.50. The zero-order chi connectivity index (χ0) is 13.8. The summed E-state index contributed by atoms with van der Waals surface area (Å²) in [5, 5.41) is 0. The zero-order valence-electron chi connectivity index (χ0n) is 12.4. The van der Waals surface area contributed by atoms with Gasteiger partial charge in [0.25, 0.3) is 0 Å². The van der Waals surface area contributed by atoms with E-state index in [1.165, 1.54) is 12.8 Å². The molecule has 1 aliphatic rings. The van der Waals surface area contributed by atoms with Crippen molar-refractivity contribution >= 4 is 5.78 Å². The minimum absolute atomic E-state index is 0.281. The molecule has 0 unspecified atom stereocenters. The third-order valence-corrected chi connectivity index (χ3v) is 4.66. The maximum Gasteiger partial charge on any atom is 0.140 e. The lowest BCUT2D eigenvalue weighted by atomic mass is 9.68. The Kier molecular flexibility index (Phi) is 4.79. The SMILES string of the molecule is CC(C)[C@@H]1CC[C@@H](C)C[C@H]1C(=O)Cc1ccccc1. The molecule has 0 N–H and O–H groups in total.